The Hall–Kier alpha value is -1.94. The van der Waals surface area contributed by atoms with Crippen LogP contribution < -0.4 is 10.6 Å². The second-order valence-corrected chi connectivity index (χ2v) is 5.01. The van der Waals surface area contributed by atoms with Gasteiger partial charge in [0.15, 0.2) is 0 Å². The molecule has 98 valence electrons. The summed E-state index contributed by atoms with van der Waals surface area (Å²) in [6.07, 6.45) is 5.24. The van der Waals surface area contributed by atoms with E-state index in [1.165, 1.54) is 0 Å². The lowest BCUT2D eigenvalue weighted by atomic mass is 10.0. The molecule has 2 aromatic rings. The van der Waals surface area contributed by atoms with Crippen molar-refractivity contribution in [3.05, 3.63) is 36.7 Å². The van der Waals surface area contributed by atoms with Gasteiger partial charge >= 0.3 is 0 Å². The SMILES string of the molecule is O=C(CC1CCNC1)Nc1cccc2cnccc12. The third-order valence-electron chi connectivity index (χ3n) is 3.59. The Morgan fingerprint density at radius 2 is 2.37 bits per heavy atom. The van der Waals surface area contributed by atoms with Gasteiger partial charge in [0.05, 0.1) is 0 Å². The van der Waals surface area contributed by atoms with Crippen molar-refractivity contribution in [1.82, 2.24) is 10.3 Å². The van der Waals surface area contributed by atoms with E-state index in [0.29, 0.717) is 12.3 Å². The predicted molar refractivity (Wildman–Crippen MR) is 76.0 cm³/mol. The van der Waals surface area contributed by atoms with E-state index in [4.69, 9.17) is 0 Å². The first-order valence-electron chi connectivity index (χ1n) is 6.66. The molecule has 1 aliphatic rings. The van der Waals surface area contributed by atoms with Crippen LogP contribution in [0, 0.1) is 5.92 Å². The molecule has 1 aliphatic heterocycles. The molecule has 1 aromatic carbocycles. The molecule has 0 saturated carbocycles. The third-order valence-corrected chi connectivity index (χ3v) is 3.59. The zero-order valence-corrected chi connectivity index (χ0v) is 10.7. The summed E-state index contributed by atoms with van der Waals surface area (Å²) in [7, 11) is 0. The first kappa shape index (κ1) is 12.1. The molecule has 0 bridgehead atoms. The van der Waals surface area contributed by atoms with E-state index in [-0.39, 0.29) is 5.91 Å². The molecule has 1 saturated heterocycles. The summed E-state index contributed by atoms with van der Waals surface area (Å²) in [6.45, 7) is 1.98. The minimum atomic E-state index is 0.0954. The van der Waals surface area contributed by atoms with Crippen LogP contribution in [-0.4, -0.2) is 24.0 Å². The molecule has 1 unspecified atom stereocenters. The van der Waals surface area contributed by atoms with Crippen LogP contribution >= 0.6 is 0 Å². The number of benzene rings is 1. The van der Waals surface area contributed by atoms with E-state index in [1.807, 2.05) is 30.5 Å². The van der Waals surface area contributed by atoms with Crippen molar-refractivity contribution in [3.63, 3.8) is 0 Å². The van der Waals surface area contributed by atoms with Crippen LogP contribution in [0.5, 0.6) is 0 Å². The minimum Gasteiger partial charge on any atom is -0.326 e. The van der Waals surface area contributed by atoms with Crippen molar-refractivity contribution in [2.45, 2.75) is 12.8 Å². The highest BCUT2D eigenvalue weighted by Crippen LogP contribution is 2.23. The van der Waals surface area contributed by atoms with E-state index >= 15 is 0 Å². The maximum absolute atomic E-state index is 12.1. The number of aromatic nitrogens is 1. The average Bonchev–Trinajstić information content (AvgIpc) is 2.92. The fourth-order valence-corrected chi connectivity index (χ4v) is 2.58. The zero-order valence-electron chi connectivity index (χ0n) is 10.7. The number of nitrogens with zero attached hydrogens (tertiary/aromatic N) is 1. The molecular weight excluding hydrogens is 238 g/mol. The normalized spacial score (nSPS) is 18.6. The van der Waals surface area contributed by atoms with Gasteiger partial charge in [0.2, 0.25) is 5.91 Å². The lowest BCUT2D eigenvalue weighted by Crippen LogP contribution is -2.18. The summed E-state index contributed by atoms with van der Waals surface area (Å²) in [5, 5.41) is 8.38. The van der Waals surface area contributed by atoms with E-state index < -0.39 is 0 Å². The Morgan fingerprint density at radius 1 is 1.42 bits per heavy atom. The molecule has 2 N–H and O–H groups in total. The summed E-state index contributed by atoms with van der Waals surface area (Å²) in [4.78, 5) is 16.2. The lowest BCUT2D eigenvalue weighted by Gasteiger charge is -2.11. The van der Waals surface area contributed by atoms with Gasteiger partial charge in [-0.2, -0.15) is 0 Å². The minimum absolute atomic E-state index is 0.0954. The number of carbonyl (C=O) groups is 1. The summed E-state index contributed by atoms with van der Waals surface area (Å²) in [5.74, 6) is 0.564. The largest absolute Gasteiger partial charge is 0.326 e. The Kier molecular flexibility index (Phi) is 3.42. The van der Waals surface area contributed by atoms with Crippen LogP contribution in [0.4, 0.5) is 5.69 Å². The number of fused-ring (bicyclic) bond motifs is 1. The highest BCUT2D eigenvalue weighted by Gasteiger charge is 2.18. The Balaban J connectivity index is 1.75. The van der Waals surface area contributed by atoms with Gasteiger partial charge in [0.25, 0.3) is 0 Å². The number of nitrogens with one attached hydrogen (secondary N) is 2. The van der Waals surface area contributed by atoms with E-state index in [1.54, 1.807) is 6.20 Å². The highest BCUT2D eigenvalue weighted by atomic mass is 16.1. The standard InChI is InChI=1S/C15H17N3O/c19-15(8-11-4-6-16-9-11)18-14-3-1-2-12-10-17-7-5-13(12)14/h1-3,5,7,10-11,16H,4,6,8-9H2,(H,18,19). The van der Waals surface area contributed by atoms with Crippen LogP contribution in [0.3, 0.4) is 0 Å². The van der Waals surface area contributed by atoms with Crippen LogP contribution in [0.15, 0.2) is 36.7 Å². The maximum Gasteiger partial charge on any atom is 0.224 e. The number of hydrogen-bond acceptors (Lipinski definition) is 3. The quantitative estimate of drug-likeness (QED) is 0.883. The molecule has 19 heavy (non-hydrogen) atoms. The Bertz CT molecular complexity index is 585. The van der Waals surface area contributed by atoms with Crippen molar-refractivity contribution >= 4 is 22.4 Å². The molecule has 0 radical (unpaired) electrons. The number of carbonyl (C=O) groups excluding carboxylic acids is 1. The molecule has 0 spiro atoms. The summed E-state index contributed by atoms with van der Waals surface area (Å²) >= 11 is 0. The van der Waals surface area contributed by atoms with Gasteiger partial charge in [0, 0.05) is 35.3 Å². The molecule has 0 aliphatic carbocycles. The van der Waals surface area contributed by atoms with Crippen molar-refractivity contribution in [2.75, 3.05) is 18.4 Å². The van der Waals surface area contributed by atoms with Crippen LogP contribution in [-0.2, 0) is 4.79 Å². The topological polar surface area (TPSA) is 54.0 Å². The van der Waals surface area contributed by atoms with Gasteiger partial charge in [-0.1, -0.05) is 12.1 Å². The number of anilines is 1. The fraction of sp³-hybridized carbons (Fsp3) is 0.333. The van der Waals surface area contributed by atoms with Crippen molar-refractivity contribution < 1.29 is 4.79 Å². The van der Waals surface area contributed by atoms with Crippen LogP contribution in [0.1, 0.15) is 12.8 Å². The van der Waals surface area contributed by atoms with E-state index in [0.717, 1.165) is 36.0 Å². The van der Waals surface area contributed by atoms with E-state index in [2.05, 4.69) is 15.6 Å². The van der Waals surface area contributed by atoms with Gasteiger partial charge in [-0.15, -0.1) is 0 Å². The number of pyridine rings is 1. The number of amides is 1. The van der Waals surface area contributed by atoms with Gasteiger partial charge in [0.1, 0.15) is 0 Å². The lowest BCUT2D eigenvalue weighted by molar-refractivity contribution is -0.116. The van der Waals surface area contributed by atoms with Crippen molar-refractivity contribution in [1.29, 1.82) is 0 Å². The first-order valence-corrected chi connectivity index (χ1v) is 6.66. The van der Waals surface area contributed by atoms with Gasteiger partial charge in [-0.25, -0.2) is 0 Å². The summed E-state index contributed by atoms with van der Waals surface area (Å²) in [5.41, 5.74) is 0.871. The highest BCUT2D eigenvalue weighted by molar-refractivity contribution is 6.01. The van der Waals surface area contributed by atoms with Crippen molar-refractivity contribution in [3.8, 4) is 0 Å². The van der Waals surface area contributed by atoms with Gasteiger partial charge in [-0.3, -0.25) is 9.78 Å². The van der Waals surface area contributed by atoms with Crippen molar-refractivity contribution in [2.24, 2.45) is 5.92 Å². The van der Waals surface area contributed by atoms with E-state index in [9.17, 15) is 4.79 Å². The van der Waals surface area contributed by atoms with Gasteiger partial charge < -0.3 is 10.6 Å². The monoisotopic (exact) mass is 255 g/mol. The second-order valence-electron chi connectivity index (χ2n) is 5.01. The Labute approximate surface area is 112 Å². The summed E-state index contributed by atoms with van der Waals surface area (Å²) < 4.78 is 0. The molecular formula is C15H17N3O. The zero-order chi connectivity index (χ0) is 13.1. The molecule has 1 aromatic heterocycles. The fourth-order valence-electron chi connectivity index (χ4n) is 2.58. The summed E-state index contributed by atoms with van der Waals surface area (Å²) in [6, 6.07) is 7.81. The third kappa shape index (κ3) is 2.74. The molecule has 1 amide bonds. The van der Waals surface area contributed by atoms with Gasteiger partial charge in [-0.05, 0) is 37.6 Å². The molecule has 4 heteroatoms. The smallest absolute Gasteiger partial charge is 0.224 e. The Morgan fingerprint density at radius 3 is 3.21 bits per heavy atom. The van der Waals surface area contributed by atoms with Crippen LogP contribution in [0.25, 0.3) is 10.8 Å². The molecule has 2 heterocycles. The molecule has 3 rings (SSSR count). The average molecular weight is 255 g/mol. The molecule has 4 nitrogen and oxygen atoms in total. The maximum atomic E-state index is 12.1. The second kappa shape index (κ2) is 5.36. The first-order chi connectivity index (χ1) is 9.33. The van der Waals surface area contributed by atoms with Crippen LogP contribution in [0.2, 0.25) is 0 Å². The number of rotatable bonds is 3. The predicted octanol–water partition coefficient (Wildman–Crippen LogP) is 2.17. The number of hydrogen-bond donors (Lipinski definition) is 2. The molecule has 1 atom stereocenters. The molecule has 1 fully saturated rings.